The molecule has 15 N–H and O–H groups in total. The van der Waals surface area contributed by atoms with Crippen LogP contribution in [-0.2, 0) is 86.4 Å². The minimum absolute atomic E-state index is 0.0204. The lowest BCUT2D eigenvalue weighted by molar-refractivity contribution is -0.142. The molecular weight excluding hydrogens is 1400 g/mol. The van der Waals surface area contributed by atoms with Crippen LogP contribution in [0.2, 0.25) is 0 Å². The van der Waals surface area contributed by atoms with Crippen molar-refractivity contribution in [2.75, 3.05) is 57.3 Å². The number of aliphatic carboxylic acids is 1. The number of hydrogen-bond donors (Lipinski definition) is 15. The Morgan fingerprint density at radius 3 is 1.84 bits per heavy atom. The third kappa shape index (κ3) is 25.4. The minimum atomic E-state index is -1.72. The van der Waals surface area contributed by atoms with E-state index in [2.05, 4.69) is 68.5 Å². The first kappa shape index (κ1) is 82.3. The van der Waals surface area contributed by atoms with Crippen molar-refractivity contribution in [3.05, 3.63) is 102 Å². The Bertz CT molecular complexity index is 3900. The van der Waals surface area contributed by atoms with Crippen molar-refractivity contribution in [2.45, 2.75) is 161 Å². The Hall–Kier alpha value is -10.0. The molecule has 0 spiro atoms. The number of rotatable bonds is 31. The Kier molecular flexibility index (Phi) is 31.6. The van der Waals surface area contributed by atoms with Crippen molar-refractivity contribution in [1.82, 2.24) is 78.3 Å². The summed E-state index contributed by atoms with van der Waals surface area (Å²) in [7, 11) is 1.89. The molecule has 0 saturated carbocycles. The second-order valence-electron chi connectivity index (χ2n) is 26.8. The summed E-state index contributed by atoms with van der Waals surface area (Å²) in [5.74, 6) is -12.1. The number of carbonyl (C=O) groups is 14. The molecule has 2 aliphatic heterocycles. The molecule has 0 aliphatic carbocycles. The van der Waals surface area contributed by atoms with Crippen molar-refractivity contribution >= 4 is 126 Å². The molecule has 5 aromatic rings. The summed E-state index contributed by atoms with van der Waals surface area (Å²) in [6.07, 6.45) is 2.51. The Labute approximate surface area is 616 Å². The molecule has 0 radical (unpaired) electrons. The lowest BCUT2D eigenvalue weighted by Gasteiger charge is -2.31. The topological polar surface area (TPSA) is 450 Å². The monoisotopic (exact) mass is 1490 g/mol. The van der Waals surface area contributed by atoms with E-state index in [1.165, 1.54) is 49.9 Å². The van der Waals surface area contributed by atoms with Gasteiger partial charge in [0.1, 0.15) is 54.1 Å². The van der Waals surface area contributed by atoms with Gasteiger partial charge in [-0.25, -0.2) is 0 Å². The number of para-hydroxylation sites is 2. The summed E-state index contributed by atoms with van der Waals surface area (Å²) < 4.78 is 0. The number of H-pyrrole nitrogens is 2. The van der Waals surface area contributed by atoms with Crippen molar-refractivity contribution < 1.29 is 77.3 Å². The molecule has 2 saturated heterocycles. The number of carbonyl (C=O) groups excluding carboxylic acids is 13. The van der Waals surface area contributed by atoms with E-state index in [-0.39, 0.29) is 124 Å². The molecule has 31 nitrogen and oxygen atoms in total. The van der Waals surface area contributed by atoms with Crippen molar-refractivity contribution in [2.24, 2.45) is 11.8 Å². The van der Waals surface area contributed by atoms with Gasteiger partial charge in [-0.2, -0.15) is 0 Å². The van der Waals surface area contributed by atoms with Gasteiger partial charge in [0, 0.05) is 118 Å². The fraction of sp³-hybridized carbons (Fsp3) is 0.500. The SMILES string of the molecule is CCC(C)[C@H](NC(=O)[C@H](Cc1c[nH]c2ccccc12)NC(=O)[C@@H]1CSSC[C@H](NC(=O)[C@H](CCC(=O)O)NC(=O)[C@H](Cc2c[nH]c3ccccc23)NC(=O)CN(CCNC(C)=O)CCNC(C)=O)C(=O)N2CCC[C@H]2C(=O)N[C@@H](Cc2ccc(O)cc2)C(=O)NCC(=O)N[C@@H](CC(C)C)C(=O)N1)C(C)=O. The van der Waals surface area contributed by atoms with Crippen LogP contribution < -0.4 is 58.5 Å². The molecule has 7 rings (SSSR count). The number of phenolic OH excluding ortho intramolecular Hbond substituents is 1. The van der Waals surface area contributed by atoms with Crippen LogP contribution in [0.3, 0.4) is 0 Å². The number of aromatic amines is 2. The third-order valence-electron chi connectivity index (χ3n) is 18.1. The Morgan fingerprint density at radius 1 is 0.667 bits per heavy atom. The van der Waals surface area contributed by atoms with Crippen LogP contribution in [0.4, 0.5) is 0 Å². The van der Waals surface area contributed by atoms with Crippen LogP contribution in [0, 0.1) is 11.8 Å². The van der Waals surface area contributed by atoms with E-state index in [9.17, 15) is 63.0 Å². The van der Waals surface area contributed by atoms with Gasteiger partial charge in [-0.05, 0) is 85.4 Å². The molecule has 33 heteroatoms. The highest BCUT2D eigenvalue weighted by molar-refractivity contribution is 8.76. The molecule has 2 fully saturated rings. The maximum absolute atomic E-state index is 15.4. The van der Waals surface area contributed by atoms with E-state index in [0.717, 1.165) is 32.5 Å². The first-order valence-corrected chi connectivity index (χ1v) is 37.6. The zero-order valence-electron chi connectivity index (χ0n) is 60.0. The number of ketones is 1. The van der Waals surface area contributed by atoms with Gasteiger partial charge < -0.3 is 83.6 Å². The molecule has 1 unspecified atom stereocenters. The normalized spacial score (nSPS) is 19.3. The molecule has 12 amide bonds. The molecule has 105 heavy (non-hydrogen) atoms. The lowest BCUT2D eigenvalue weighted by atomic mass is 9.95. The van der Waals surface area contributed by atoms with Gasteiger partial charge in [-0.15, -0.1) is 0 Å². The van der Waals surface area contributed by atoms with Crippen molar-refractivity contribution in [1.29, 1.82) is 0 Å². The summed E-state index contributed by atoms with van der Waals surface area (Å²) in [4.78, 5) is 205. The standard InChI is InChI=1S/C72H97N15O16S2/c1-8-41(4)64(42(5)88)85-69(100)57(33-47-35-76-52-17-12-10-15-50(47)52)81-70(101)58-38-104-105-39-59(72(103)87-27-13-18-60(87)71(102)82-55(31-45-19-21-48(91)22-20-45)65(96)77-36-61(92)78-54(30-40(2)3)67(98)83-58)84-66(97)53(23-24-63(94)95)80-68(99)56(32-46-34-75-51-16-11-9-14-49(46)51)79-62(93)37-86(28-25-73-43(6)89)29-26-74-44(7)90/h9-12,14-17,19-22,34-35,40-41,53-60,64,75-76,91H,8,13,18,23-33,36-39H2,1-7H3,(H,73,89)(H,74,90)(H,77,96)(H,78,92)(H,79,93)(H,80,99)(H,81,101)(H,82,102)(H,83,98)(H,84,97)(H,85,100)(H,94,95)/t41?,53-,54-,55-,56-,57-,58-,59-,60-,64-/m0/s1. The summed E-state index contributed by atoms with van der Waals surface area (Å²) in [5, 5.41) is 51.5. The highest BCUT2D eigenvalue weighted by Gasteiger charge is 2.41. The number of nitrogens with zero attached hydrogens (tertiary/aromatic N) is 2. The van der Waals surface area contributed by atoms with E-state index >= 15 is 14.4 Å². The Balaban J connectivity index is 1.25. The maximum Gasteiger partial charge on any atom is 0.303 e. The van der Waals surface area contributed by atoms with E-state index in [1.54, 1.807) is 68.4 Å². The largest absolute Gasteiger partial charge is 0.508 e. The zero-order valence-corrected chi connectivity index (χ0v) is 61.6. The number of fused-ring (bicyclic) bond motifs is 3. The van der Waals surface area contributed by atoms with E-state index in [0.29, 0.717) is 34.0 Å². The summed E-state index contributed by atoms with van der Waals surface area (Å²) in [6, 6.07) is 7.58. The average Bonchev–Trinajstić information content (AvgIpc) is 1.73. The van der Waals surface area contributed by atoms with E-state index in [4.69, 9.17) is 0 Å². The van der Waals surface area contributed by atoms with Gasteiger partial charge in [0.05, 0.1) is 19.1 Å². The van der Waals surface area contributed by atoms with Crippen LogP contribution in [0.15, 0.2) is 85.2 Å². The van der Waals surface area contributed by atoms with Crippen LogP contribution in [0.25, 0.3) is 21.8 Å². The summed E-state index contributed by atoms with van der Waals surface area (Å²) in [5.41, 5.74) is 3.11. The number of nitrogens with one attached hydrogen (secondary N) is 13. The predicted octanol–water partition coefficient (Wildman–Crippen LogP) is 0.883. The molecule has 2 aromatic heterocycles. The van der Waals surface area contributed by atoms with Gasteiger partial charge in [-0.1, -0.05) is 104 Å². The van der Waals surface area contributed by atoms with Crippen molar-refractivity contribution in [3.63, 3.8) is 0 Å². The van der Waals surface area contributed by atoms with Crippen LogP contribution in [0.1, 0.15) is 104 Å². The highest BCUT2D eigenvalue weighted by Crippen LogP contribution is 2.28. The third-order valence-corrected chi connectivity index (χ3v) is 20.5. The van der Waals surface area contributed by atoms with Crippen LogP contribution in [0.5, 0.6) is 5.75 Å². The first-order chi connectivity index (χ1) is 50.1. The number of amides is 12. The predicted molar refractivity (Wildman–Crippen MR) is 394 cm³/mol. The second-order valence-corrected chi connectivity index (χ2v) is 29.4. The molecular formula is C72H97N15O16S2. The highest BCUT2D eigenvalue weighted by atomic mass is 33.1. The molecule has 3 aromatic carbocycles. The fourth-order valence-corrected chi connectivity index (χ4v) is 14.7. The fourth-order valence-electron chi connectivity index (χ4n) is 12.4. The number of benzene rings is 3. The molecule has 568 valence electrons. The van der Waals surface area contributed by atoms with Gasteiger partial charge in [-0.3, -0.25) is 72.0 Å². The van der Waals surface area contributed by atoms with Gasteiger partial charge >= 0.3 is 5.97 Å². The lowest BCUT2D eigenvalue weighted by Crippen LogP contribution is -2.60. The number of Topliss-reactive ketones (excluding diaryl/α,β-unsaturated/α-hetero) is 1. The molecule has 4 heterocycles. The first-order valence-electron chi connectivity index (χ1n) is 35.1. The maximum atomic E-state index is 15.4. The number of aromatic hydroxyl groups is 1. The molecule has 2 aliphatic rings. The van der Waals surface area contributed by atoms with Crippen LogP contribution in [-0.4, -0.2) is 224 Å². The Morgan fingerprint density at radius 2 is 1.26 bits per heavy atom. The summed E-state index contributed by atoms with van der Waals surface area (Å²) in [6.45, 7) is 10.7. The summed E-state index contributed by atoms with van der Waals surface area (Å²) >= 11 is 0. The number of carboxylic acid groups (broad SMARTS) is 1. The smallest absolute Gasteiger partial charge is 0.303 e. The van der Waals surface area contributed by atoms with Gasteiger partial charge in [0.15, 0.2) is 5.78 Å². The van der Waals surface area contributed by atoms with Crippen LogP contribution >= 0.6 is 21.6 Å². The number of hydrogen-bond acceptors (Lipinski definition) is 18. The van der Waals surface area contributed by atoms with E-state index in [1.807, 2.05) is 25.1 Å². The van der Waals surface area contributed by atoms with Crippen molar-refractivity contribution in [3.8, 4) is 5.75 Å². The minimum Gasteiger partial charge on any atom is -0.508 e. The number of phenols is 1. The zero-order chi connectivity index (χ0) is 76.4. The molecule has 0 bridgehead atoms. The second kappa shape index (κ2) is 40.3. The number of aromatic nitrogens is 2. The van der Waals surface area contributed by atoms with Gasteiger partial charge in [0.2, 0.25) is 70.9 Å². The van der Waals surface area contributed by atoms with Gasteiger partial charge in [0.25, 0.3) is 0 Å². The van der Waals surface area contributed by atoms with E-state index < -0.39 is 139 Å². The quantitative estimate of drug-likeness (QED) is 0.0274. The average molecular weight is 1490 g/mol. The number of carboxylic acids is 1. The molecule has 10 atom stereocenters.